The Labute approximate surface area is 227 Å². The van der Waals surface area contributed by atoms with Crippen LogP contribution in [0.1, 0.15) is 31.4 Å². The van der Waals surface area contributed by atoms with Crippen LogP contribution in [0, 0.1) is 0 Å². The van der Waals surface area contributed by atoms with Crippen LogP contribution in [0.25, 0.3) is 11.3 Å². The van der Waals surface area contributed by atoms with Crippen LogP contribution in [-0.4, -0.2) is 69.6 Å². The molecule has 0 aliphatic heterocycles. The van der Waals surface area contributed by atoms with Crippen LogP contribution in [0.3, 0.4) is 0 Å². The number of likely N-dealkylation sites (N-methyl/N-ethyl adjacent to an activating group) is 1. The summed E-state index contributed by atoms with van der Waals surface area (Å²) in [6, 6.07) is 5.25. The molecule has 13 heteroatoms. The van der Waals surface area contributed by atoms with Crippen molar-refractivity contribution in [1.29, 1.82) is 0 Å². The van der Waals surface area contributed by atoms with E-state index in [2.05, 4.69) is 38.5 Å². The van der Waals surface area contributed by atoms with E-state index < -0.39 is 15.9 Å². The van der Waals surface area contributed by atoms with Crippen molar-refractivity contribution < 1.29 is 23.6 Å². The first-order valence-corrected chi connectivity index (χ1v) is 13.9. The summed E-state index contributed by atoms with van der Waals surface area (Å²) in [5.41, 5.74) is 3.10. The lowest BCUT2D eigenvalue weighted by Crippen LogP contribution is -2.22. The number of pyridine rings is 3. The molecule has 0 aromatic carbocycles. The van der Waals surface area contributed by atoms with Gasteiger partial charge in [-0.3, -0.25) is 4.98 Å². The van der Waals surface area contributed by atoms with Crippen LogP contribution in [0.5, 0.6) is 17.5 Å². The molecule has 1 unspecified atom stereocenters. The monoisotopic (exact) mass is 555 g/mol. The molecule has 0 spiro atoms. The number of hydrogen-bond donors (Lipinski definition) is 3. The number of carbonyl (C=O) groups excluding carboxylic acids is 1. The molecule has 4 rings (SSSR count). The van der Waals surface area contributed by atoms with Crippen LogP contribution in [-0.2, 0) is 21.8 Å². The van der Waals surface area contributed by atoms with Gasteiger partial charge in [-0.2, -0.15) is 4.98 Å². The van der Waals surface area contributed by atoms with E-state index in [0.717, 1.165) is 17.5 Å². The summed E-state index contributed by atoms with van der Waals surface area (Å²) in [7, 11) is 1.34. The van der Waals surface area contributed by atoms with Gasteiger partial charge in [0.15, 0.2) is 20.7 Å². The second-order valence-corrected chi connectivity index (χ2v) is 11.8. The van der Waals surface area contributed by atoms with Gasteiger partial charge < -0.3 is 24.8 Å². The van der Waals surface area contributed by atoms with E-state index >= 15 is 0 Å². The quantitative estimate of drug-likeness (QED) is 0.378. The van der Waals surface area contributed by atoms with Crippen molar-refractivity contribution in [1.82, 2.24) is 19.9 Å². The fourth-order valence-corrected chi connectivity index (χ4v) is 5.41. The number of hydrogen-bond acceptors (Lipinski definition) is 9. The maximum Gasteiger partial charge on any atom is 0.355 e. The van der Waals surface area contributed by atoms with Gasteiger partial charge in [-0.15, -0.1) is 4.36 Å². The minimum absolute atomic E-state index is 0.107. The summed E-state index contributed by atoms with van der Waals surface area (Å²) in [6.45, 7) is 5.18. The second-order valence-electron chi connectivity index (χ2n) is 10.1. The van der Waals surface area contributed by atoms with Gasteiger partial charge in [-0.25, -0.2) is 19.1 Å². The molecular formula is C26H33N7O5S. The lowest BCUT2D eigenvalue weighted by Gasteiger charge is -2.20. The van der Waals surface area contributed by atoms with Gasteiger partial charge >= 0.3 is 6.03 Å². The average Bonchev–Trinajstić information content (AvgIpc) is 3.18. The molecule has 208 valence electrons. The molecule has 3 aromatic rings. The van der Waals surface area contributed by atoms with Crippen molar-refractivity contribution in [3.8, 4) is 28.8 Å². The standard InChI is InChI=1S/C26H33N7O5S/c1-26(2)10-8-17-18(26)15-29-22(16-9-11-28-20(34)14-16)23(17)31-25(35)32-39(27,36)24-19(37-5)6-7-21(30-24)38-13-12-33(3)4/h6-7,9,11,14-15H,8,10,12-13H2,1-5H3,(H,28,34)(H3,27,31,32,35,36). The Hall–Kier alpha value is -3.81. The van der Waals surface area contributed by atoms with Gasteiger partial charge in [0.25, 0.3) is 0 Å². The topological polar surface area (TPSA) is 165 Å². The zero-order valence-electron chi connectivity index (χ0n) is 22.6. The number of fused-ring (bicyclic) bond motifs is 1. The number of nitrogens with zero attached hydrogens (tertiary/aromatic N) is 5. The van der Waals surface area contributed by atoms with Crippen LogP contribution in [0.2, 0.25) is 0 Å². The highest BCUT2D eigenvalue weighted by Crippen LogP contribution is 2.44. The van der Waals surface area contributed by atoms with Crippen molar-refractivity contribution in [3.05, 3.63) is 47.8 Å². The third kappa shape index (κ3) is 6.27. The fourth-order valence-electron chi connectivity index (χ4n) is 4.37. The molecular weight excluding hydrogens is 522 g/mol. The van der Waals surface area contributed by atoms with Crippen LogP contribution in [0.4, 0.5) is 10.5 Å². The summed E-state index contributed by atoms with van der Waals surface area (Å²) in [5, 5.41) is 18.5. The summed E-state index contributed by atoms with van der Waals surface area (Å²) < 4.78 is 28.2. The Bertz CT molecular complexity index is 1520. The molecule has 1 atom stereocenters. The molecule has 2 amide bonds. The van der Waals surface area contributed by atoms with Gasteiger partial charge in [0.2, 0.25) is 11.8 Å². The van der Waals surface area contributed by atoms with E-state index in [9.17, 15) is 14.1 Å². The van der Waals surface area contributed by atoms with Crippen LogP contribution < -0.4 is 19.9 Å². The van der Waals surface area contributed by atoms with Crippen molar-refractivity contribution in [3.63, 3.8) is 0 Å². The number of urea groups is 1. The summed E-state index contributed by atoms with van der Waals surface area (Å²) >= 11 is 0. The van der Waals surface area contributed by atoms with Crippen molar-refractivity contribution in [2.75, 3.05) is 39.7 Å². The first-order valence-electron chi connectivity index (χ1n) is 12.3. The number of aromatic hydroxyl groups is 1. The minimum atomic E-state index is -3.84. The third-order valence-electron chi connectivity index (χ3n) is 6.47. The molecule has 39 heavy (non-hydrogen) atoms. The van der Waals surface area contributed by atoms with Crippen LogP contribution in [0.15, 0.2) is 46.0 Å². The number of methoxy groups -OCH3 is 1. The van der Waals surface area contributed by atoms with Crippen molar-refractivity contribution in [2.24, 2.45) is 9.50 Å². The van der Waals surface area contributed by atoms with E-state index in [1.54, 1.807) is 18.3 Å². The number of anilines is 1. The highest BCUT2D eigenvalue weighted by atomic mass is 32.2. The Kier molecular flexibility index (Phi) is 8.04. The summed E-state index contributed by atoms with van der Waals surface area (Å²) in [6.07, 6.45) is 4.76. The molecule has 4 N–H and O–H groups in total. The van der Waals surface area contributed by atoms with Crippen LogP contribution >= 0.6 is 0 Å². The highest BCUT2D eigenvalue weighted by Gasteiger charge is 2.34. The SMILES string of the molecule is COc1ccc(OCCN(C)C)nc1S(N)(=O)=NC(=O)Nc1c(-c2ccnc(O)c2)ncc2c1CCC2(C)C. The summed E-state index contributed by atoms with van der Waals surface area (Å²) in [4.78, 5) is 27.8. The van der Waals surface area contributed by atoms with Gasteiger partial charge in [-0.1, -0.05) is 13.8 Å². The Balaban J connectivity index is 1.72. The number of carbonyl (C=O) groups is 1. The van der Waals surface area contributed by atoms with Gasteiger partial charge in [0.05, 0.1) is 18.5 Å². The smallest absolute Gasteiger partial charge is 0.355 e. The predicted octanol–water partition coefficient (Wildman–Crippen LogP) is 3.35. The zero-order valence-corrected chi connectivity index (χ0v) is 23.4. The molecule has 0 bridgehead atoms. The van der Waals surface area contributed by atoms with E-state index in [1.165, 1.54) is 25.4 Å². The number of nitrogens with one attached hydrogen (secondary N) is 1. The molecule has 3 aromatic heterocycles. The maximum atomic E-state index is 13.5. The first-order chi connectivity index (χ1) is 18.4. The number of ether oxygens (including phenoxy) is 2. The maximum absolute atomic E-state index is 13.5. The zero-order chi connectivity index (χ0) is 28.4. The molecule has 1 aliphatic carbocycles. The highest BCUT2D eigenvalue weighted by molar-refractivity contribution is 7.91. The Morgan fingerprint density at radius 1 is 1.28 bits per heavy atom. The molecule has 0 fully saturated rings. The number of rotatable bonds is 8. The fraction of sp³-hybridized carbons (Fsp3) is 0.385. The molecule has 0 saturated heterocycles. The second kappa shape index (κ2) is 11.1. The van der Waals surface area contributed by atoms with Gasteiger partial charge in [0.1, 0.15) is 6.61 Å². The van der Waals surface area contributed by atoms with Crippen molar-refractivity contribution >= 4 is 21.6 Å². The largest absolute Gasteiger partial charge is 0.494 e. The predicted molar refractivity (Wildman–Crippen MR) is 147 cm³/mol. The Morgan fingerprint density at radius 3 is 2.74 bits per heavy atom. The average molecular weight is 556 g/mol. The van der Waals surface area contributed by atoms with Gasteiger partial charge in [0, 0.05) is 36.6 Å². The van der Waals surface area contributed by atoms with E-state index in [0.29, 0.717) is 36.5 Å². The minimum Gasteiger partial charge on any atom is -0.494 e. The molecule has 12 nitrogen and oxygen atoms in total. The number of amides is 2. The number of nitrogens with two attached hydrogens (primary N) is 1. The number of aromatic nitrogens is 3. The summed E-state index contributed by atoms with van der Waals surface area (Å²) in [5.74, 6) is 0.0948. The van der Waals surface area contributed by atoms with Crippen molar-refractivity contribution in [2.45, 2.75) is 37.1 Å². The molecule has 0 saturated carbocycles. The normalized spacial score (nSPS) is 15.4. The lowest BCUT2D eigenvalue weighted by atomic mass is 9.87. The molecule has 0 radical (unpaired) electrons. The third-order valence-corrected chi connectivity index (χ3v) is 7.75. The molecule has 1 aliphatic rings. The molecule has 3 heterocycles. The van der Waals surface area contributed by atoms with E-state index in [-0.39, 0.29) is 28.0 Å². The van der Waals surface area contributed by atoms with Gasteiger partial charge in [-0.05, 0) is 55.6 Å². The first kappa shape index (κ1) is 28.2. The van der Waals surface area contributed by atoms with E-state index in [1.807, 2.05) is 19.0 Å². The van der Waals surface area contributed by atoms with E-state index in [4.69, 9.17) is 14.6 Å². The lowest BCUT2D eigenvalue weighted by molar-refractivity contribution is 0.251. The Morgan fingerprint density at radius 2 is 2.05 bits per heavy atom.